The highest BCUT2D eigenvalue weighted by atomic mass is 35.5. The van der Waals surface area contributed by atoms with Gasteiger partial charge in [-0.15, -0.1) is 0 Å². The van der Waals surface area contributed by atoms with E-state index >= 15 is 0 Å². The Morgan fingerprint density at radius 3 is 2.67 bits per heavy atom. The summed E-state index contributed by atoms with van der Waals surface area (Å²) in [5, 5.41) is 4.80. The van der Waals surface area contributed by atoms with Crippen LogP contribution in [0.3, 0.4) is 0 Å². The zero-order valence-electron chi connectivity index (χ0n) is 9.37. The Hall–Kier alpha value is -1.03. The molecule has 1 heterocycles. The number of halogens is 1. The third-order valence-electron chi connectivity index (χ3n) is 2.18. The van der Waals surface area contributed by atoms with E-state index in [2.05, 4.69) is 5.10 Å². The number of carbonyl (C=O) groups is 1. The summed E-state index contributed by atoms with van der Waals surface area (Å²) in [6.45, 7) is 5.89. The number of rotatable bonds is 3. The number of nitrogens with zero attached hydrogens (tertiary/aromatic N) is 2. The van der Waals surface area contributed by atoms with E-state index in [1.54, 1.807) is 10.9 Å². The summed E-state index contributed by atoms with van der Waals surface area (Å²) in [6, 6.07) is 0. The van der Waals surface area contributed by atoms with Gasteiger partial charge >= 0.3 is 5.97 Å². The maximum atomic E-state index is 11.4. The molecule has 5 heteroatoms. The van der Waals surface area contributed by atoms with Crippen LogP contribution in [-0.2, 0) is 16.1 Å². The van der Waals surface area contributed by atoms with Gasteiger partial charge < -0.3 is 4.74 Å². The molecule has 1 rings (SSSR count). The van der Waals surface area contributed by atoms with Gasteiger partial charge in [-0.2, -0.15) is 5.10 Å². The largest absolute Gasteiger partial charge is 0.469 e. The van der Waals surface area contributed by atoms with Crippen molar-refractivity contribution in [2.75, 3.05) is 7.11 Å². The van der Waals surface area contributed by atoms with E-state index in [-0.39, 0.29) is 5.97 Å². The predicted molar refractivity (Wildman–Crippen MR) is 57.8 cm³/mol. The number of hydrogen-bond acceptors (Lipinski definition) is 3. The second-order valence-electron chi connectivity index (χ2n) is 4.14. The van der Waals surface area contributed by atoms with Crippen molar-refractivity contribution in [3.05, 3.63) is 16.9 Å². The molecule has 0 unspecified atom stereocenters. The quantitative estimate of drug-likeness (QED) is 0.747. The number of aryl methyl sites for hydroxylation is 1. The van der Waals surface area contributed by atoms with Crippen LogP contribution in [0.25, 0.3) is 0 Å². The summed E-state index contributed by atoms with van der Waals surface area (Å²) < 4.78 is 6.37. The summed E-state index contributed by atoms with van der Waals surface area (Å²) in [5.41, 5.74) is 0.161. The third-order valence-corrected chi connectivity index (χ3v) is 2.55. The van der Waals surface area contributed by atoms with Crippen molar-refractivity contribution in [2.24, 2.45) is 5.41 Å². The molecule has 84 valence electrons. The summed E-state index contributed by atoms with van der Waals surface area (Å²) in [7, 11) is 1.38. The molecule has 0 amide bonds. The van der Waals surface area contributed by atoms with Gasteiger partial charge in [0.1, 0.15) is 0 Å². The van der Waals surface area contributed by atoms with Crippen molar-refractivity contribution in [1.29, 1.82) is 0 Å². The Labute approximate surface area is 94.2 Å². The Kier molecular flexibility index (Phi) is 3.39. The van der Waals surface area contributed by atoms with Crippen LogP contribution in [0.5, 0.6) is 0 Å². The molecular weight excluding hydrogens is 216 g/mol. The van der Waals surface area contributed by atoms with Crippen LogP contribution in [-0.4, -0.2) is 22.9 Å². The Balaban J connectivity index is 2.81. The molecule has 0 saturated heterocycles. The normalized spacial score (nSPS) is 11.5. The van der Waals surface area contributed by atoms with Gasteiger partial charge in [0.2, 0.25) is 0 Å². The monoisotopic (exact) mass is 230 g/mol. The number of hydrogen-bond donors (Lipinski definition) is 0. The molecule has 0 aliphatic rings. The minimum atomic E-state index is -0.601. The fraction of sp³-hybridized carbons (Fsp3) is 0.600. The van der Waals surface area contributed by atoms with Gasteiger partial charge in [-0.25, -0.2) is 0 Å². The average Bonchev–Trinajstić information content (AvgIpc) is 2.43. The first-order chi connectivity index (χ1) is 6.86. The fourth-order valence-electron chi connectivity index (χ4n) is 1.32. The van der Waals surface area contributed by atoms with Crippen LogP contribution in [0, 0.1) is 12.3 Å². The van der Waals surface area contributed by atoms with E-state index < -0.39 is 5.41 Å². The van der Waals surface area contributed by atoms with Crippen molar-refractivity contribution < 1.29 is 9.53 Å². The highest BCUT2D eigenvalue weighted by molar-refractivity contribution is 6.31. The van der Waals surface area contributed by atoms with Gasteiger partial charge in [0.15, 0.2) is 0 Å². The average molecular weight is 231 g/mol. The SMILES string of the molecule is COC(=O)C(C)(C)Cn1cc(Cl)c(C)n1. The zero-order chi connectivity index (χ0) is 11.6. The van der Waals surface area contributed by atoms with Crippen molar-refractivity contribution in [3.63, 3.8) is 0 Å². The lowest BCUT2D eigenvalue weighted by atomic mass is 9.94. The lowest BCUT2D eigenvalue weighted by Gasteiger charge is -2.20. The molecule has 0 atom stereocenters. The van der Waals surface area contributed by atoms with E-state index in [9.17, 15) is 4.79 Å². The van der Waals surface area contributed by atoms with Crippen LogP contribution >= 0.6 is 11.6 Å². The predicted octanol–water partition coefficient (Wildman–Crippen LogP) is 2.04. The summed E-state index contributed by atoms with van der Waals surface area (Å²) in [6.07, 6.45) is 1.71. The highest BCUT2D eigenvalue weighted by Crippen LogP contribution is 2.21. The Morgan fingerprint density at radius 2 is 2.27 bits per heavy atom. The number of carbonyl (C=O) groups excluding carboxylic acids is 1. The Bertz CT molecular complexity index is 352. The third kappa shape index (κ3) is 2.72. The molecule has 0 N–H and O–H groups in total. The zero-order valence-corrected chi connectivity index (χ0v) is 10.1. The molecule has 0 saturated carbocycles. The molecule has 0 radical (unpaired) electrons. The standard InChI is InChI=1S/C10H15ClN2O2/c1-7-8(11)5-13(12-7)6-10(2,3)9(14)15-4/h5H,6H2,1-4H3. The molecule has 0 fully saturated rings. The van der Waals surface area contributed by atoms with Crippen LogP contribution in [0.15, 0.2) is 6.20 Å². The van der Waals surface area contributed by atoms with Crippen LogP contribution in [0.1, 0.15) is 19.5 Å². The van der Waals surface area contributed by atoms with Crippen molar-refractivity contribution in [2.45, 2.75) is 27.3 Å². The van der Waals surface area contributed by atoms with Gasteiger partial charge in [0.25, 0.3) is 0 Å². The summed E-state index contributed by atoms with van der Waals surface area (Å²) >= 11 is 5.87. The van der Waals surface area contributed by atoms with Gasteiger partial charge in [0.05, 0.1) is 29.8 Å². The first-order valence-corrected chi connectivity index (χ1v) is 5.02. The van der Waals surface area contributed by atoms with E-state index in [0.717, 1.165) is 5.69 Å². The maximum Gasteiger partial charge on any atom is 0.313 e. The highest BCUT2D eigenvalue weighted by Gasteiger charge is 2.29. The topological polar surface area (TPSA) is 44.1 Å². The van der Waals surface area contributed by atoms with Gasteiger partial charge in [-0.1, -0.05) is 11.6 Å². The first kappa shape index (κ1) is 12.0. The second-order valence-corrected chi connectivity index (χ2v) is 4.54. The molecule has 15 heavy (non-hydrogen) atoms. The van der Waals surface area contributed by atoms with Crippen LogP contribution in [0.2, 0.25) is 5.02 Å². The second kappa shape index (κ2) is 4.23. The minimum Gasteiger partial charge on any atom is -0.469 e. The first-order valence-electron chi connectivity index (χ1n) is 4.65. The number of aromatic nitrogens is 2. The number of methoxy groups -OCH3 is 1. The minimum absolute atomic E-state index is 0.258. The van der Waals surface area contributed by atoms with E-state index in [1.165, 1.54) is 7.11 Å². The summed E-state index contributed by atoms with van der Waals surface area (Å²) in [4.78, 5) is 11.4. The van der Waals surface area contributed by atoms with Crippen molar-refractivity contribution >= 4 is 17.6 Å². The molecule has 0 aromatic carbocycles. The van der Waals surface area contributed by atoms with E-state index in [1.807, 2.05) is 20.8 Å². The summed E-state index contributed by atoms with van der Waals surface area (Å²) in [5.74, 6) is -0.258. The smallest absolute Gasteiger partial charge is 0.313 e. The van der Waals surface area contributed by atoms with Crippen LogP contribution in [0.4, 0.5) is 0 Å². The maximum absolute atomic E-state index is 11.4. The van der Waals surface area contributed by atoms with Crippen LogP contribution < -0.4 is 0 Å². The van der Waals surface area contributed by atoms with E-state index in [4.69, 9.17) is 16.3 Å². The molecule has 0 aliphatic carbocycles. The lowest BCUT2D eigenvalue weighted by molar-refractivity contribution is -0.151. The molecule has 1 aromatic rings. The van der Waals surface area contributed by atoms with Gasteiger partial charge in [-0.3, -0.25) is 9.48 Å². The molecule has 0 bridgehead atoms. The molecule has 4 nitrogen and oxygen atoms in total. The number of ether oxygens (including phenoxy) is 1. The van der Waals surface area contributed by atoms with Crippen molar-refractivity contribution in [1.82, 2.24) is 9.78 Å². The molecule has 1 aromatic heterocycles. The fourth-order valence-corrected chi connectivity index (χ4v) is 1.47. The molecule has 0 aliphatic heterocycles. The molecule has 0 spiro atoms. The molecular formula is C10H15ClN2O2. The van der Waals surface area contributed by atoms with Gasteiger partial charge in [0, 0.05) is 6.20 Å². The number of esters is 1. The van der Waals surface area contributed by atoms with E-state index in [0.29, 0.717) is 11.6 Å². The van der Waals surface area contributed by atoms with Gasteiger partial charge in [-0.05, 0) is 20.8 Å². The lowest BCUT2D eigenvalue weighted by Crippen LogP contribution is -2.30. The van der Waals surface area contributed by atoms with Crippen molar-refractivity contribution in [3.8, 4) is 0 Å². The Morgan fingerprint density at radius 1 is 1.67 bits per heavy atom.